The summed E-state index contributed by atoms with van der Waals surface area (Å²) < 4.78 is 410. The third-order valence-corrected chi connectivity index (χ3v) is 6.83. The first kappa shape index (κ1) is 51.4. The van der Waals surface area contributed by atoms with E-state index in [0.717, 1.165) is 13.8 Å². The summed E-state index contributed by atoms with van der Waals surface area (Å²) in [6, 6.07) is -2.22. The van der Waals surface area contributed by atoms with Crippen LogP contribution in [0.3, 0.4) is 0 Å². The van der Waals surface area contributed by atoms with Gasteiger partial charge in [0, 0.05) is 11.5 Å². The van der Waals surface area contributed by atoms with Gasteiger partial charge >= 0.3 is 83.8 Å². The second-order valence-electron chi connectivity index (χ2n) is 11.2. The Labute approximate surface area is 291 Å². The lowest BCUT2D eigenvalue weighted by molar-refractivity contribution is -0.466. The maximum absolute atomic E-state index is 14.5. The second kappa shape index (κ2) is 13.7. The van der Waals surface area contributed by atoms with E-state index in [2.05, 4.69) is 9.47 Å². The molecule has 0 bridgehead atoms. The molecule has 0 unspecified atom stereocenters. The molecule has 0 aliphatic rings. The first-order valence-corrected chi connectivity index (χ1v) is 13.1. The number of halogens is 30. The van der Waals surface area contributed by atoms with Crippen molar-refractivity contribution in [1.29, 1.82) is 0 Å². The van der Waals surface area contributed by atoms with E-state index in [4.69, 9.17) is 0 Å². The van der Waals surface area contributed by atoms with E-state index >= 15 is 0 Å². The monoisotopic (exact) mass is 916 g/mol. The van der Waals surface area contributed by atoms with Crippen molar-refractivity contribution in [3.8, 4) is 11.5 Å². The first-order valence-electron chi connectivity index (χ1n) is 13.1. The molecule has 3 nitrogen and oxygen atoms in total. The first-order chi connectivity index (χ1) is 24.4. The number of hydrogen-bond donors (Lipinski definition) is 0. The molecule has 33 heteroatoms. The van der Waals surface area contributed by atoms with Gasteiger partial charge in [0.15, 0.2) is 17.3 Å². The SMILES string of the molecule is CC(C)C(=O)c1ccc(OC(F)(F)C(F)(F)C(F)(F)C(F)(F)C(F)(F)C(F)(F)C(F)(F)F)c(OC(F)(F)C(F)(F)C(F)(F)C(F)(F)C(F)(F)C(F)(F)C(F)(F)F)c1. The highest BCUT2D eigenvalue weighted by Gasteiger charge is 2.95. The molecule has 334 valence electrons. The molecule has 0 spiro atoms. The summed E-state index contributed by atoms with van der Waals surface area (Å²) in [5, 5.41) is 0. The summed E-state index contributed by atoms with van der Waals surface area (Å²) in [7, 11) is 0. The number of rotatable bonds is 16. The Balaban J connectivity index is 4.07. The van der Waals surface area contributed by atoms with Gasteiger partial charge in [-0.25, -0.2) is 0 Å². The lowest BCUT2D eigenvalue weighted by atomic mass is 9.93. The highest BCUT2D eigenvalue weighted by Crippen LogP contribution is 2.64. The molecule has 57 heavy (non-hydrogen) atoms. The molecule has 0 saturated carbocycles. The van der Waals surface area contributed by atoms with Crippen molar-refractivity contribution in [3.63, 3.8) is 0 Å². The summed E-state index contributed by atoms with van der Waals surface area (Å²) in [6.45, 7) is 1.48. The zero-order chi connectivity index (χ0) is 46.4. The largest absolute Gasteiger partial charge is 0.471 e. The van der Waals surface area contributed by atoms with E-state index in [1.54, 1.807) is 0 Å². The minimum absolute atomic E-state index is 0.317. The van der Waals surface area contributed by atoms with Crippen molar-refractivity contribution >= 4 is 5.78 Å². The second-order valence-corrected chi connectivity index (χ2v) is 11.2. The molecule has 1 rings (SSSR count). The predicted molar refractivity (Wildman–Crippen MR) is 118 cm³/mol. The van der Waals surface area contributed by atoms with Gasteiger partial charge in [0.1, 0.15) is 0 Å². The summed E-state index contributed by atoms with van der Waals surface area (Å²) in [5.74, 6) is -98.4. The Morgan fingerprint density at radius 3 is 0.895 bits per heavy atom. The minimum atomic E-state index is -9.05. The molecule has 0 saturated heterocycles. The highest BCUT2D eigenvalue weighted by atomic mass is 19.4. The molecule has 0 N–H and O–H groups in total. The van der Waals surface area contributed by atoms with Crippen LogP contribution in [0.25, 0.3) is 0 Å². The fraction of sp³-hybridized carbons (Fsp3) is 0.708. The Morgan fingerprint density at radius 1 is 0.386 bits per heavy atom. The summed E-state index contributed by atoms with van der Waals surface area (Å²) >= 11 is 0. The number of carbonyl (C=O) groups is 1. The Morgan fingerprint density at radius 2 is 0.632 bits per heavy atom. The number of carbonyl (C=O) groups excluding carboxylic acids is 1. The average Bonchev–Trinajstić information content (AvgIpc) is 2.99. The van der Waals surface area contributed by atoms with E-state index in [-0.39, 0.29) is 6.07 Å². The lowest BCUT2D eigenvalue weighted by Crippen LogP contribution is -2.73. The van der Waals surface area contributed by atoms with Crippen LogP contribution in [0.4, 0.5) is 132 Å². The van der Waals surface area contributed by atoms with Crippen molar-refractivity contribution in [3.05, 3.63) is 23.8 Å². The summed E-state index contributed by atoms with van der Waals surface area (Å²) in [5.41, 5.74) is -1.60. The van der Waals surface area contributed by atoms with Crippen LogP contribution in [0.15, 0.2) is 18.2 Å². The van der Waals surface area contributed by atoms with Crippen molar-refractivity contribution in [2.24, 2.45) is 5.92 Å². The topological polar surface area (TPSA) is 35.5 Å². The van der Waals surface area contributed by atoms with Crippen LogP contribution in [-0.4, -0.2) is 89.6 Å². The van der Waals surface area contributed by atoms with Gasteiger partial charge in [-0.2, -0.15) is 132 Å². The normalized spacial score (nSPS) is 15.9. The van der Waals surface area contributed by atoms with Crippen molar-refractivity contribution in [2.75, 3.05) is 0 Å². The quantitative estimate of drug-likeness (QED) is 0.122. The molecule has 0 atom stereocenters. The van der Waals surface area contributed by atoms with Gasteiger partial charge in [-0.05, 0) is 18.2 Å². The van der Waals surface area contributed by atoms with Crippen LogP contribution >= 0.6 is 0 Å². The Hall–Kier alpha value is -3.61. The number of benzene rings is 1. The van der Waals surface area contributed by atoms with E-state index in [9.17, 15) is 137 Å². The van der Waals surface area contributed by atoms with Gasteiger partial charge in [-0.1, -0.05) is 13.8 Å². The average molecular weight is 916 g/mol. The molecular formula is C24H10F30O3. The number of alkyl halides is 30. The van der Waals surface area contributed by atoms with E-state index < -0.39 is 125 Å². The van der Waals surface area contributed by atoms with Crippen molar-refractivity contribution in [1.82, 2.24) is 0 Å². The third-order valence-electron chi connectivity index (χ3n) is 6.83. The number of Topliss-reactive ketones (excluding diaryl/α,β-unsaturated/α-hetero) is 1. The molecule has 0 radical (unpaired) electrons. The van der Waals surface area contributed by atoms with Gasteiger partial charge in [0.2, 0.25) is 0 Å². The summed E-state index contributed by atoms with van der Waals surface area (Å²) in [6.07, 6.45) is -32.3. The van der Waals surface area contributed by atoms with E-state index in [1.807, 2.05) is 0 Å². The van der Waals surface area contributed by atoms with Crippen LogP contribution in [0.5, 0.6) is 11.5 Å². The minimum Gasteiger partial charge on any atom is -0.424 e. The molecule has 0 aromatic heterocycles. The van der Waals surface area contributed by atoms with Gasteiger partial charge in [0.25, 0.3) is 0 Å². The van der Waals surface area contributed by atoms with Crippen molar-refractivity contribution < 1.29 is 146 Å². The standard InChI is InChI=1S/C24H10F30O3/c1-6(2)10(55)7-3-4-8(56-23(51,52)19(41,42)15(33,34)11(25,26)13(29,30)17(37,38)21(45,46)47)9(5-7)57-24(53,54)20(43,44)16(35,36)12(27,28)14(31,32)18(39,40)22(48,49)50/h3-6H,1-2H3. The number of hydrogen-bond acceptors (Lipinski definition) is 3. The van der Waals surface area contributed by atoms with Crippen LogP contribution < -0.4 is 9.47 Å². The predicted octanol–water partition coefficient (Wildman–Crippen LogP) is 11.9. The van der Waals surface area contributed by atoms with Crippen LogP contribution in [0, 0.1) is 5.92 Å². The van der Waals surface area contributed by atoms with Crippen LogP contribution in [0.1, 0.15) is 24.2 Å². The van der Waals surface area contributed by atoms with Crippen LogP contribution in [0.2, 0.25) is 0 Å². The zero-order valence-corrected chi connectivity index (χ0v) is 25.9. The molecule has 1 aromatic rings. The van der Waals surface area contributed by atoms with Gasteiger partial charge < -0.3 is 9.47 Å². The highest BCUT2D eigenvalue weighted by molar-refractivity contribution is 5.98. The van der Waals surface area contributed by atoms with E-state index in [0.29, 0.717) is 0 Å². The van der Waals surface area contributed by atoms with Gasteiger partial charge in [-0.3, -0.25) is 4.79 Å². The molecule has 0 amide bonds. The molecule has 0 aliphatic heterocycles. The number of ketones is 1. The third kappa shape index (κ3) is 7.26. The Kier molecular flexibility index (Phi) is 12.4. The molecular weight excluding hydrogens is 906 g/mol. The Bertz CT molecular complexity index is 1630. The lowest BCUT2D eigenvalue weighted by Gasteiger charge is -2.41. The molecule has 0 heterocycles. The van der Waals surface area contributed by atoms with Crippen molar-refractivity contribution in [2.45, 2.75) is 97.6 Å². The van der Waals surface area contributed by atoms with Gasteiger partial charge in [0.05, 0.1) is 0 Å². The maximum atomic E-state index is 14.5. The molecule has 1 aromatic carbocycles. The molecule has 0 aliphatic carbocycles. The number of ether oxygens (including phenoxy) is 2. The fourth-order valence-corrected chi connectivity index (χ4v) is 3.47. The maximum Gasteiger partial charge on any atom is 0.471 e. The van der Waals surface area contributed by atoms with Crippen LogP contribution in [-0.2, 0) is 0 Å². The van der Waals surface area contributed by atoms with E-state index in [1.165, 1.54) is 0 Å². The summed E-state index contributed by atoms with van der Waals surface area (Å²) in [4.78, 5) is 12.1. The molecule has 0 fully saturated rings. The smallest absolute Gasteiger partial charge is 0.424 e. The fourth-order valence-electron chi connectivity index (χ4n) is 3.47. The van der Waals surface area contributed by atoms with Gasteiger partial charge in [-0.15, -0.1) is 0 Å². The zero-order valence-electron chi connectivity index (χ0n) is 25.9.